The maximum Gasteiger partial charge on any atom is 0.0742 e. The number of nitriles is 1. The molecule has 0 fully saturated rings. The highest BCUT2D eigenvalue weighted by atomic mass is 35.5. The number of fused-ring (bicyclic) bond motifs is 1. The molecule has 2 aromatic rings. The summed E-state index contributed by atoms with van der Waals surface area (Å²) in [6.07, 6.45) is 0.322. The number of hydrogen-bond acceptors (Lipinski definition) is 3. The van der Waals surface area contributed by atoms with E-state index in [1.807, 2.05) is 32.0 Å². The maximum absolute atomic E-state index is 8.98. The van der Waals surface area contributed by atoms with Gasteiger partial charge in [0.15, 0.2) is 0 Å². The highest BCUT2D eigenvalue weighted by Crippen LogP contribution is 2.35. The van der Waals surface area contributed by atoms with Gasteiger partial charge in [-0.1, -0.05) is 23.2 Å². The molecule has 0 amide bonds. The first-order valence-corrected chi connectivity index (χ1v) is 6.53. The van der Waals surface area contributed by atoms with Crippen molar-refractivity contribution < 1.29 is 0 Å². The van der Waals surface area contributed by atoms with Crippen molar-refractivity contribution in [3.05, 3.63) is 33.4 Å². The van der Waals surface area contributed by atoms with E-state index in [1.165, 1.54) is 0 Å². The minimum Gasteiger partial charge on any atom is -0.377 e. The summed E-state index contributed by atoms with van der Waals surface area (Å²) in [5.74, 6) is 0. The van der Waals surface area contributed by atoms with Crippen LogP contribution in [0.15, 0.2) is 12.1 Å². The Balaban J connectivity index is 2.90. The molecule has 1 aromatic heterocycles. The third-order valence-corrected chi connectivity index (χ3v) is 3.73. The number of nitrogens with zero attached hydrogens (tertiary/aromatic N) is 3. The highest BCUT2D eigenvalue weighted by molar-refractivity contribution is 6.42. The monoisotopic (exact) mass is 293 g/mol. The van der Waals surface area contributed by atoms with Crippen LogP contribution in [0.25, 0.3) is 10.9 Å². The van der Waals surface area contributed by atoms with Gasteiger partial charge in [0.2, 0.25) is 0 Å². The topological polar surface area (TPSA) is 39.9 Å². The first kappa shape index (κ1) is 13.9. The molecular formula is C14H13Cl2N3. The van der Waals surface area contributed by atoms with Crippen molar-refractivity contribution in [2.45, 2.75) is 13.3 Å². The fourth-order valence-electron chi connectivity index (χ4n) is 2.20. The molecule has 3 nitrogen and oxygen atoms in total. The smallest absolute Gasteiger partial charge is 0.0742 e. The van der Waals surface area contributed by atoms with Gasteiger partial charge < -0.3 is 4.90 Å². The van der Waals surface area contributed by atoms with E-state index in [0.29, 0.717) is 16.5 Å². The number of anilines is 1. The van der Waals surface area contributed by atoms with Gasteiger partial charge in [0.05, 0.1) is 33.7 Å². The van der Waals surface area contributed by atoms with Crippen LogP contribution >= 0.6 is 23.2 Å². The molecule has 2 rings (SSSR count). The van der Waals surface area contributed by atoms with Gasteiger partial charge in [0, 0.05) is 30.7 Å². The lowest BCUT2D eigenvalue weighted by molar-refractivity contribution is 1.06. The number of aryl methyl sites for hydroxylation is 1. The molecule has 1 heterocycles. The normalized spacial score (nSPS) is 10.5. The molecule has 0 atom stereocenters. The van der Waals surface area contributed by atoms with Crippen molar-refractivity contribution in [2.75, 3.05) is 19.0 Å². The summed E-state index contributed by atoms with van der Waals surface area (Å²) in [7, 11) is 3.88. The maximum atomic E-state index is 8.98. The van der Waals surface area contributed by atoms with E-state index in [0.717, 1.165) is 27.8 Å². The first-order chi connectivity index (χ1) is 8.95. The highest BCUT2D eigenvalue weighted by Gasteiger charge is 2.15. The molecular weight excluding hydrogens is 281 g/mol. The Morgan fingerprint density at radius 2 is 1.89 bits per heavy atom. The molecule has 0 unspecified atom stereocenters. The second-order valence-electron chi connectivity index (χ2n) is 4.54. The summed E-state index contributed by atoms with van der Waals surface area (Å²) >= 11 is 12.1. The lowest BCUT2D eigenvalue weighted by atomic mass is 10.0. The SMILES string of the molecule is Cc1nc2cc(Cl)c(Cl)cc2c(N(C)C)c1CC#N. The molecule has 0 saturated heterocycles. The molecule has 0 radical (unpaired) electrons. The van der Waals surface area contributed by atoms with Crippen molar-refractivity contribution in [2.24, 2.45) is 0 Å². The Morgan fingerprint density at radius 3 is 2.47 bits per heavy atom. The van der Waals surface area contributed by atoms with Crippen LogP contribution in [0.5, 0.6) is 0 Å². The van der Waals surface area contributed by atoms with Crippen LogP contribution < -0.4 is 4.90 Å². The lowest BCUT2D eigenvalue weighted by Gasteiger charge is -2.20. The Bertz CT molecular complexity index is 687. The molecule has 0 saturated carbocycles. The van der Waals surface area contributed by atoms with Crippen molar-refractivity contribution in [1.82, 2.24) is 4.98 Å². The van der Waals surface area contributed by atoms with E-state index in [1.54, 1.807) is 6.07 Å². The second kappa shape index (κ2) is 5.24. The van der Waals surface area contributed by atoms with E-state index in [4.69, 9.17) is 28.5 Å². The van der Waals surface area contributed by atoms with Crippen molar-refractivity contribution in [3.8, 4) is 6.07 Å². The quantitative estimate of drug-likeness (QED) is 0.841. The second-order valence-corrected chi connectivity index (χ2v) is 5.35. The van der Waals surface area contributed by atoms with Gasteiger partial charge in [0.25, 0.3) is 0 Å². The summed E-state index contributed by atoms with van der Waals surface area (Å²) in [6, 6.07) is 5.75. The fraction of sp³-hybridized carbons (Fsp3) is 0.286. The Kier molecular flexibility index (Phi) is 3.84. The molecule has 98 valence electrons. The zero-order chi connectivity index (χ0) is 14.2. The predicted octanol–water partition coefficient (Wildman–Crippen LogP) is 3.98. The molecule has 0 aliphatic heterocycles. The van der Waals surface area contributed by atoms with Crippen LogP contribution in [-0.2, 0) is 6.42 Å². The van der Waals surface area contributed by atoms with Crippen LogP contribution in [0.3, 0.4) is 0 Å². The van der Waals surface area contributed by atoms with E-state index >= 15 is 0 Å². The summed E-state index contributed by atoms with van der Waals surface area (Å²) in [5.41, 5.74) is 3.54. The first-order valence-electron chi connectivity index (χ1n) is 5.78. The Labute approximate surface area is 122 Å². The summed E-state index contributed by atoms with van der Waals surface area (Å²) in [5, 5.41) is 10.9. The van der Waals surface area contributed by atoms with E-state index in [2.05, 4.69) is 11.1 Å². The largest absolute Gasteiger partial charge is 0.377 e. The number of pyridine rings is 1. The zero-order valence-corrected chi connectivity index (χ0v) is 12.5. The molecule has 0 aliphatic rings. The van der Waals surface area contributed by atoms with Gasteiger partial charge in [-0.15, -0.1) is 0 Å². The van der Waals surface area contributed by atoms with E-state index < -0.39 is 0 Å². The molecule has 0 bridgehead atoms. The van der Waals surface area contributed by atoms with Crippen molar-refractivity contribution in [3.63, 3.8) is 0 Å². The Hall–Kier alpha value is -1.50. The molecule has 0 spiro atoms. The average Bonchev–Trinajstić information content (AvgIpc) is 2.32. The zero-order valence-electron chi connectivity index (χ0n) is 11.0. The van der Waals surface area contributed by atoms with Gasteiger partial charge in [-0.2, -0.15) is 5.26 Å². The van der Waals surface area contributed by atoms with Crippen molar-refractivity contribution in [1.29, 1.82) is 5.26 Å². The predicted molar refractivity (Wildman–Crippen MR) is 80.1 cm³/mol. The van der Waals surface area contributed by atoms with Crippen LogP contribution in [0.4, 0.5) is 5.69 Å². The van der Waals surface area contributed by atoms with Gasteiger partial charge in [0.1, 0.15) is 0 Å². The van der Waals surface area contributed by atoms with E-state index in [9.17, 15) is 0 Å². The minimum atomic E-state index is 0.322. The fourth-order valence-corrected chi connectivity index (χ4v) is 2.52. The van der Waals surface area contributed by atoms with Crippen LogP contribution in [0, 0.1) is 18.3 Å². The van der Waals surface area contributed by atoms with Gasteiger partial charge in [-0.25, -0.2) is 0 Å². The number of benzene rings is 1. The third kappa shape index (κ3) is 2.47. The minimum absolute atomic E-state index is 0.322. The van der Waals surface area contributed by atoms with Crippen molar-refractivity contribution >= 4 is 39.8 Å². The molecule has 19 heavy (non-hydrogen) atoms. The number of rotatable bonds is 2. The van der Waals surface area contributed by atoms with Crippen LogP contribution in [0.2, 0.25) is 10.0 Å². The van der Waals surface area contributed by atoms with E-state index in [-0.39, 0.29) is 0 Å². The third-order valence-electron chi connectivity index (χ3n) is 3.01. The lowest BCUT2D eigenvalue weighted by Crippen LogP contribution is -2.13. The summed E-state index contributed by atoms with van der Waals surface area (Å²) < 4.78 is 0. The molecule has 0 N–H and O–H groups in total. The van der Waals surface area contributed by atoms with Gasteiger partial charge >= 0.3 is 0 Å². The summed E-state index contributed by atoms with van der Waals surface area (Å²) in [4.78, 5) is 6.50. The van der Waals surface area contributed by atoms with Gasteiger partial charge in [-0.05, 0) is 19.1 Å². The van der Waals surface area contributed by atoms with Crippen LogP contribution in [0.1, 0.15) is 11.3 Å². The number of hydrogen-bond donors (Lipinski definition) is 0. The molecule has 5 heteroatoms. The molecule has 0 aliphatic carbocycles. The standard InChI is InChI=1S/C14H13Cl2N3/c1-8-9(4-5-17)14(19(2)3)10-6-11(15)12(16)7-13(10)18-8/h6-7H,4H2,1-3H3. The van der Waals surface area contributed by atoms with Gasteiger partial charge in [-0.3, -0.25) is 4.98 Å². The summed E-state index contributed by atoms with van der Waals surface area (Å²) in [6.45, 7) is 1.90. The number of halogens is 2. The molecule has 1 aromatic carbocycles. The Morgan fingerprint density at radius 1 is 1.26 bits per heavy atom. The van der Waals surface area contributed by atoms with Crippen LogP contribution in [-0.4, -0.2) is 19.1 Å². The average molecular weight is 294 g/mol. The number of aromatic nitrogens is 1.